The van der Waals surface area contributed by atoms with Crippen molar-refractivity contribution in [2.75, 3.05) is 26.9 Å². The number of para-hydroxylation sites is 1. The zero-order chi connectivity index (χ0) is 15.5. The predicted molar refractivity (Wildman–Crippen MR) is 84.8 cm³/mol. The summed E-state index contributed by atoms with van der Waals surface area (Å²) in [7, 11) is 1.67. The normalized spacial score (nSPS) is 20.8. The Bertz CT molecular complexity index is 506. The van der Waals surface area contributed by atoms with Crippen molar-refractivity contribution in [3.05, 3.63) is 30.3 Å². The molecule has 4 heteroatoms. The van der Waals surface area contributed by atoms with Crippen LogP contribution in [0.4, 0.5) is 0 Å². The first-order chi connectivity index (χ1) is 10.7. The molecule has 1 aromatic rings. The molecule has 2 aliphatic carbocycles. The Kier molecular flexibility index (Phi) is 4.39. The molecule has 3 rings (SSSR count). The van der Waals surface area contributed by atoms with E-state index in [4.69, 9.17) is 9.47 Å². The fourth-order valence-corrected chi connectivity index (χ4v) is 3.07. The number of amides is 1. The van der Waals surface area contributed by atoms with Crippen LogP contribution in [0.5, 0.6) is 5.75 Å². The van der Waals surface area contributed by atoms with Gasteiger partial charge in [-0.25, -0.2) is 0 Å². The van der Waals surface area contributed by atoms with Gasteiger partial charge in [-0.1, -0.05) is 24.6 Å². The zero-order valence-electron chi connectivity index (χ0n) is 13.3. The van der Waals surface area contributed by atoms with Crippen molar-refractivity contribution in [3.8, 4) is 5.75 Å². The smallest absolute Gasteiger partial charge is 0.228 e. The molecule has 2 fully saturated rings. The fraction of sp³-hybridized carbons (Fsp3) is 0.611. The summed E-state index contributed by atoms with van der Waals surface area (Å²) in [6.45, 7) is 1.92. The van der Waals surface area contributed by atoms with E-state index < -0.39 is 0 Å². The van der Waals surface area contributed by atoms with Gasteiger partial charge in [-0.3, -0.25) is 4.79 Å². The quantitative estimate of drug-likeness (QED) is 0.803. The van der Waals surface area contributed by atoms with Crippen molar-refractivity contribution in [1.82, 2.24) is 5.32 Å². The van der Waals surface area contributed by atoms with Crippen molar-refractivity contribution >= 4 is 5.91 Å². The predicted octanol–water partition coefficient (Wildman–Crippen LogP) is 2.78. The van der Waals surface area contributed by atoms with E-state index in [0.29, 0.717) is 19.8 Å². The maximum atomic E-state index is 12.5. The molecule has 0 bridgehead atoms. The van der Waals surface area contributed by atoms with Crippen LogP contribution in [-0.2, 0) is 9.53 Å². The molecular formula is C18H25NO3. The molecule has 1 aromatic carbocycles. The third-order valence-corrected chi connectivity index (χ3v) is 5.08. The van der Waals surface area contributed by atoms with Gasteiger partial charge in [0, 0.05) is 19.1 Å². The lowest BCUT2D eigenvalue weighted by Gasteiger charge is -2.39. The highest BCUT2D eigenvalue weighted by atomic mass is 16.5. The Morgan fingerprint density at radius 1 is 1.14 bits per heavy atom. The zero-order valence-corrected chi connectivity index (χ0v) is 13.3. The van der Waals surface area contributed by atoms with Crippen LogP contribution in [0.15, 0.2) is 30.3 Å². The minimum absolute atomic E-state index is 0.128. The maximum absolute atomic E-state index is 12.5. The molecule has 0 unspecified atom stereocenters. The van der Waals surface area contributed by atoms with Crippen LogP contribution in [0.2, 0.25) is 0 Å². The molecule has 120 valence electrons. The van der Waals surface area contributed by atoms with Gasteiger partial charge in [0.05, 0.1) is 18.6 Å². The summed E-state index contributed by atoms with van der Waals surface area (Å²) in [5, 5.41) is 3.15. The van der Waals surface area contributed by atoms with Crippen LogP contribution < -0.4 is 10.1 Å². The van der Waals surface area contributed by atoms with Crippen LogP contribution in [0.1, 0.15) is 32.1 Å². The summed E-state index contributed by atoms with van der Waals surface area (Å²) in [4.78, 5) is 12.5. The summed E-state index contributed by atoms with van der Waals surface area (Å²) in [5.74, 6) is 1.06. The maximum Gasteiger partial charge on any atom is 0.228 e. The Labute approximate surface area is 132 Å². The molecule has 0 saturated heterocycles. The van der Waals surface area contributed by atoms with Crippen LogP contribution in [0.3, 0.4) is 0 Å². The van der Waals surface area contributed by atoms with Gasteiger partial charge in [-0.05, 0) is 37.8 Å². The van der Waals surface area contributed by atoms with E-state index >= 15 is 0 Å². The number of carbonyl (C=O) groups excluding carboxylic acids is 1. The molecule has 0 heterocycles. The van der Waals surface area contributed by atoms with Gasteiger partial charge in [-0.2, -0.15) is 0 Å². The number of methoxy groups -OCH3 is 1. The van der Waals surface area contributed by atoms with Crippen molar-refractivity contribution in [2.45, 2.75) is 32.1 Å². The second kappa shape index (κ2) is 6.29. The number of ether oxygens (including phenoxy) is 2. The minimum Gasteiger partial charge on any atom is -0.493 e. The molecule has 2 aliphatic rings. The molecule has 0 atom stereocenters. The highest BCUT2D eigenvalue weighted by molar-refractivity contribution is 5.83. The monoisotopic (exact) mass is 303 g/mol. The van der Waals surface area contributed by atoms with E-state index in [9.17, 15) is 4.79 Å². The second-order valence-electron chi connectivity index (χ2n) is 6.85. The van der Waals surface area contributed by atoms with Crippen LogP contribution >= 0.6 is 0 Å². The molecule has 1 amide bonds. The van der Waals surface area contributed by atoms with Crippen molar-refractivity contribution < 1.29 is 14.3 Å². The standard InChI is InChI=1S/C18H25NO3/c1-21-14-18(8-5-9-18)16(20)19-12-17(10-11-17)13-22-15-6-3-2-4-7-15/h2-4,6-7H,5,8-14H2,1H3,(H,19,20). The SMILES string of the molecule is COCC1(C(=O)NCC2(COc3ccccc3)CC2)CCC1. The van der Waals surface area contributed by atoms with E-state index in [0.717, 1.165) is 37.9 Å². The van der Waals surface area contributed by atoms with Gasteiger partial charge >= 0.3 is 0 Å². The summed E-state index contributed by atoms with van der Waals surface area (Å²) >= 11 is 0. The van der Waals surface area contributed by atoms with E-state index in [-0.39, 0.29) is 16.7 Å². The minimum atomic E-state index is -0.273. The first-order valence-corrected chi connectivity index (χ1v) is 8.13. The first-order valence-electron chi connectivity index (χ1n) is 8.13. The highest BCUT2D eigenvalue weighted by Gasteiger charge is 2.47. The molecule has 0 aromatic heterocycles. The number of hydrogen-bond acceptors (Lipinski definition) is 3. The molecule has 0 radical (unpaired) electrons. The lowest BCUT2D eigenvalue weighted by molar-refractivity contribution is -0.140. The number of nitrogens with one attached hydrogen (secondary N) is 1. The van der Waals surface area contributed by atoms with E-state index in [1.54, 1.807) is 7.11 Å². The van der Waals surface area contributed by atoms with Crippen LogP contribution in [0, 0.1) is 10.8 Å². The third kappa shape index (κ3) is 3.27. The Hall–Kier alpha value is -1.55. The molecule has 2 saturated carbocycles. The Morgan fingerprint density at radius 2 is 1.86 bits per heavy atom. The highest BCUT2D eigenvalue weighted by Crippen LogP contribution is 2.46. The third-order valence-electron chi connectivity index (χ3n) is 5.08. The van der Waals surface area contributed by atoms with Crippen molar-refractivity contribution in [1.29, 1.82) is 0 Å². The number of hydrogen-bond donors (Lipinski definition) is 1. The first kappa shape index (κ1) is 15.3. The second-order valence-corrected chi connectivity index (χ2v) is 6.85. The summed E-state index contributed by atoms with van der Waals surface area (Å²) in [6.07, 6.45) is 5.26. The van der Waals surface area contributed by atoms with E-state index in [1.807, 2.05) is 30.3 Å². The lowest BCUT2D eigenvalue weighted by atomic mass is 9.68. The fourth-order valence-electron chi connectivity index (χ4n) is 3.07. The van der Waals surface area contributed by atoms with Gasteiger partial charge in [-0.15, -0.1) is 0 Å². The summed E-state index contributed by atoms with van der Waals surface area (Å²) in [6, 6.07) is 9.87. The molecule has 0 aliphatic heterocycles. The van der Waals surface area contributed by atoms with Crippen LogP contribution in [0.25, 0.3) is 0 Å². The van der Waals surface area contributed by atoms with Gasteiger partial charge in [0.25, 0.3) is 0 Å². The van der Waals surface area contributed by atoms with E-state index in [1.165, 1.54) is 0 Å². The van der Waals surface area contributed by atoms with Gasteiger partial charge < -0.3 is 14.8 Å². The van der Waals surface area contributed by atoms with Gasteiger partial charge in [0.1, 0.15) is 5.75 Å². The van der Waals surface area contributed by atoms with E-state index in [2.05, 4.69) is 5.32 Å². The molecule has 22 heavy (non-hydrogen) atoms. The lowest BCUT2D eigenvalue weighted by Crippen LogP contribution is -2.50. The Morgan fingerprint density at radius 3 is 2.41 bits per heavy atom. The average molecular weight is 303 g/mol. The van der Waals surface area contributed by atoms with Crippen molar-refractivity contribution in [3.63, 3.8) is 0 Å². The summed E-state index contributed by atoms with van der Waals surface area (Å²) in [5.41, 5.74) is -0.144. The summed E-state index contributed by atoms with van der Waals surface area (Å²) < 4.78 is 11.1. The Balaban J connectivity index is 1.47. The molecule has 4 nitrogen and oxygen atoms in total. The number of carbonyl (C=O) groups is 1. The molecular weight excluding hydrogens is 278 g/mol. The van der Waals surface area contributed by atoms with Crippen molar-refractivity contribution in [2.24, 2.45) is 10.8 Å². The molecule has 1 N–H and O–H groups in total. The van der Waals surface area contributed by atoms with Gasteiger partial charge in [0.15, 0.2) is 0 Å². The van der Waals surface area contributed by atoms with Crippen LogP contribution in [-0.4, -0.2) is 32.8 Å². The number of rotatable bonds is 8. The van der Waals surface area contributed by atoms with Gasteiger partial charge in [0.2, 0.25) is 5.91 Å². The average Bonchev–Trinajstić information content (AvgIpc) is 3.28. The number of benzene rings is 1. The largest absolute Gasteiger partial charge is 0.493 e. The topological polar surface area (TPSA) is 47.6 Å². The molecule has 0 spiro atoms.